The van der Waals surface area contributed by atoms with E-state index in [0.717, 1.165) is 6.42 Å². The first-order valence-corrected chi connectivity index (χ1v) is 13.8. The molecule has 0 aromatic carbocycles. The van der Waals surface area contributed by atoms with Crippen LogP contribution < -0.4 is 27.4 Å². The Bertz CT molecular complexity index is 600. The van der Waals surface area contributed by atoms with Gasteiger partial charge in [-0.15, -0.1) is 0 Å². The zero-order valence-corrected chi connectivity index (χ0v) is 21.2. The Balaban J connectivity index is 5.08. The van der Waals surface area contributed by atoms with E-state index in [4.69, 9.17) is 11.5 Å². The predicted molar refractivity (Wildman–Crippen MR) is 134 cm³/mol. The van der Waals surface area contributed by atoms with Crippen LogP contribution in [0.4, 0.5) is 0 Å². The van der Waals surface area contributed by atoms with Crippen LogP contribution in [-0.2, 0) is 19.2 Å². The largest absolute Gasteiger partial charge is 0.480 e. The van der Waals surface area contributed by atoms with Gasteiger partial charge in [0.2, 0.25) is 17.7 Å². The van der Waals surface area contributed by atoms with Gasteiger partial charge in [-0.3, -0.25) is 14.4 Å². The molecule has 3 amide bonds. The van der Waals surface area contributed by atoms with E-state index in [9.17, 15) is 24.3 Å². The summed E-state index contributed by atoms with van der Waals surface area (Å²) in [5, 5.41) is 17.0. The lowest BCUT2D eigenvalue weighted by atomic mass is 10.1. The Morgan fingerprint density at radius 3 is 1.84 bits per heavy atom. The van der Waals surface area contributed by atoms with Gasteiger partial charge in [-0.1, -0.05) is 6.42 Å². The van der Waals surface area contributed by atoms with Gasteiger partial charge in [-0.2, -0.15) is 36.2 Å². The lowest BCUT2D eigenvalue weighted by Gasteiger charge is -2.24. The Morgan fingerprint density at radius 2 is 1.34 bits per heavy atom. The maximum absolute atomic E-state index is 12.7. The lowest BCUT2D eigenvalue weighted by Crippen LogP contribution is -2.57. The molecule has 0 saturated heterocycles. The number of amides is 3. The minimum absolute atomic E-state index is 0.00936. The van der Waals surface area contributed by atoms with Gasteiger partial charge >= 0.3 is 5.97 Å². The summed E-state index contributed by atoms with van der Waals surface area (Å²) in [4.78, 5) is 49.2. The first-order valence-electron chi connectivity index (χ1n) is 10.4. The minimum Gasteiger partial charge on any atom is -0.480 e. The fourth-order valence-corrected chi connectivity index (χ4v) is 3.85. The summed E-state index contributed by atoms with van der Waals surface area (Å²) < 4.78 is 0. The number of carbonyl (C=O) groups excluding carboxylic acids is 3. The second-order valence-corrected chi connectivity index (χ2v) is 9.49. The molecule has 0 heterocycles. The molecule has 10 nitrogen and oxygen atoms in total. The molecule has 4 unspecified atom stereocenters. The third kappa shape index (κ3) is 12.8. The molecular weight excluding hydrogens is 474 g/mol. The topological polar surface area (TPSA) is 177 Å². The molecule has 0 saturated carbocycles. The van der Waals surface area contributed by atoms with E-state index >= 15 is 0 Å². The summed E-state index contributed by atoms with van der Waals surface area (Å²) in [5.74, 6) is -1.63. The normalized spacial score (nSPS) is 14.7. The number of thioether (sulfide) groups is 2. The molecule has 0 aliphatic heterocycles. The summed E-state index contributed by atoms with van der Waals surface area (Å²) in [5.41, 5.74) is 11.3. The van der Waals surface area contributed by atoms with Crippen molar-refractivity contribution in [3.8, 4) is 0 Å². The second-order valence-electron chi connectivity index (χ2n) is 7.16. The van der Waals surface area contributed by atoms with Crippen LogP contribution in [0.15, 0.2) is 0 Å². The van der Waals surface area contributed by atoms with Gasteiger partial charge in [0.25, 0.3) is 0 Å². The average molecular weight is 512 g/mol. The molecule has 0 spiro atoms. The molecule has 13 heteroatoms. The smallest absolute Gasteiger partial charge is 0.326 e. The molecule has 32 heavy (non-hydrogen) atoms. The number of unbranched alkanes of at least 4 members (excludes halogenated alkanes) is 1. The van der Waals surface area contributed by atoms with Crippen molar-refractivity contribution in [2.75, 3.05) is 36.3 Å². The Kier molecular flexibility index (Phi) is 17.6. The number of nitrogens with one attached hydrogen (secondary N) is 3. The van der Waals surface area contributed by atoms with Gasteiger partial charge in [-0.25, -0.2) is 4.79 Å². The molecule has 186 valence electrons. The number of rotatable bonds is 18. The highest BCUT2D eigenvalue weighted by molar-refractivity contribution is 7.98. The second kappa shape index (κ2) is 18.3. The molecule has 0 rings (SSSR count). The van der Waals surface area contributed by atoms with Gasteiger partial charge < -0.3 is 32.5 Å². The van der Waals surface area contributed by atoms with E-state index in [1.807, 2.05) is 12.5 Å². The third-order valence-electron chi connectivity index (χ3n) is 4.59. The zero-order valence-electron chi connectivity index (χ0n) is 18.7. The van der Waals surface area contributed by atoms with Crippen molar-refractivity contribution in [2.45, 2.75) is 56.3 Å². The van der Waals surface area contributed by atoms with Gasteiger partial charge in [0, 0.05) is 5.75 Å². The molecule has 0 aromatic heterocycles. The molecule has 0 aliphatic rings. The van der Waals surface area contributed by atoms with Crippen molar-refractivity contribution in [2.24, 2.45) is 11.5 Å². The van der Waals surface area contributed by atoms with Crippen LogP contribution in [0.3, 0.4) is 0 Å². The average Bonchev–Trinajstić information content (AvgIpc) is 2.76. The number of thiol groups is 1. The van der Waals surface area contributed by atoms with Crippen LogP contribution >= 0.6 is 36.2 Å². The SMILES string of the molecule is CSCCC(NC(=O)C(CCSC)NC(=O)C(CS)NC(=O)C(N)CCCCN)C(=O)O. The van der Waals surface area contributed by atoms with Gasteiger partial charge in [0.1, 0.15) is 18.1 Å². The molecule has 8 N–H and O–H groups in total. The number of hydrogen-bond donors (Lipinski definition) is 7. The summed E-state index contributed by atoms with van der Waals surface area (Å²) in [6.45, 7) is 0.509. The van der Waals surface area contributed by atoms with E-state index in [1.165, 1.54) is 23.5 Å². The number of aliphatic carboxylic acids is 1. The maximum atomic E-state index is 12.7. The Labute approximate surface area is 203 Å². The number of carbonyl (C=O) groups is 4. The van der Waals surface area contributed by atoms with Crippen molar-refractivity contribution in [1.82, 2.24) is 16.0 Å². The highest BCUT2D eigenvalue weighted by atomic mass is 32.2. The predicted octanol–water partition coefficient (Wildman–Crippen LogP) is -0.582. The Morgan fingerprint density at radius 1 is 0.844 bits per heavy atom. The standard InChI is InChI=1S/C19H37N5O5S3/c1-31-9-6-13(17(26)23-14(19(28)29)7-10-32-2)22-18(27)15(11-30)24-16(25)12(21)5-3-4-8-20/h12-15,30H,3-11,20-21H2,1-2H3,(H,22,27)(H,23,26)(H,24,25)(H,28,29). The van der Waals surface area contributed by atoms with E-state index in [0.29, 0.717) is 37.3 Å². The van der Waals surface area contributed by atoms with E-state index in [1.54, 1.807) is 0 Å². The summed E-state index contributed by atoms with van der Waals surface area (Å²) in [7, 11) is 0. The third-order valence-corrected chi connectivity index (χ3v) is 6.24. The molecular formula is C19H37N5O5S3. The van der Waals surface area contributed by atoms with Crippen LogP contribution in [0.1, 0.15) is 32.1 Å². The molecule has 4 atom stereocenters. The number of carboxylic acids is 1. The van der Waals surface area contributed by atoms with Crippen LogP contribution in [0.25, 0.3) is 0 Å². The first-order chi connectivity index (χ1) is 15.2. The van der Waals surface area contributed by atoms with Crippen molar-refractivity contribution in [1.29, 1.82) is 0 Å². The lowest BCUT2D eigenvalue weighted by molar-refractivity contribution is -0.142. The first kappa shape index (κ1) is 30.9. The summed E-state index contributed by atoms with van der Waals surface area (Å²) in [6, 6.07) is -3.75. The summed E-state index contributed by atoms with van der Waals surface area (Å²) in [6.07, 6.45) is 6.16. The van der Waals surface area contributed by atoms with Gasteiger partial charge in [-0.05, 0) is 56.2 Å². The molecule has 0 fully saturated rings. The number of hydrogen-bond acceptors (Lipinski definition) is 9. The zero-order chi connectivity index (χ0) is 24.5. The van der Waals surface area contributed by atoms with E-state index in [2.05, 4.69) is 28.6 Å². The van der Waals surface area contributed by atoms with E-state index < -0.39 is 47.9 Å². The van der Waals surface area contributed by atoms with Crippen molar-refractivity contribution in [3.63, 3.8) is 0 Å². The monoisotopic (exact) mass is 511 g/mol. The van der Waals surface area contributed by atoms with Crippen LogP contribution in [0, 0.1) is 0 Å². The number of carboxylic acid groups (broad SMARTS) is 1. The quantitative estimate of drug-likeness (QED) is 0.0937. The summed E-state index contributed by atoms with van der Waals surface area (Å²) >= 11 is 7.10. The fraction of sp³-hybridized carbons (Fsp3) is 0.789. The fourth-order valence-electron chi connectivity index (χ4n) is 2.65. The van der Waals surface area contributed by atoms with Crippen molar-refractivity contribution < 1.29 is 24.3 Å². The molecule has 0 aromatic rings. The van der Waals surface area contributed by atoms with Crippen LogP contribution in [0.2, 0.25) is 0 Å². The molecule has 0 radical (unpaired) electrons. The maximum Gasteiger partial charge on any atom is 0.326 e. The number of nitrogens with two attached hydrogens (primary N) is 2. The van der Waals surface area contributed by atoms with E-state index in [-0.39, 0.29) is 12.2 Å². The molecule has 0 bridgehead atoms. The van der Waals surface area contributed by atoms with Gasteiger partial charge in [0.15, 0.2) is 0 Å². The van der Waals surface area contributed by atoms with Crippen LogP contribution in [-0.4, -0.2) is 89.3 Å². The van der Waals surface area contributed by atoms with Crippen molar-refractivity contribution >= 4 is 59.8 Å². The molecule has 0 aliphatic carbocycles. The highest BCUT2D eigenvalue weighted by Crippen LogP contribution is 2.06. The highest BCUT2D eigenvalue weighted by Gasteiger charge is 2.29. The minimum atomic E-state index is -1.13. The van der Waals surface area contributed by atoms with Crippen LogP contribution in [0.5, 0.6) is 0 Å². The van der Waals surface area contributed by atoms with Gasteiger partial charge in [0.05, 0.1) is 6.04 Å². The van der Waals surface area contributed by atoms with Crippen molar-refractivity contribution in [3.05, 3.63) is 0 Å². The Hall–Kier alpha value is -1.15.